The van der Waals surface area contributed by atoms with Crippen molar-refractivity contribution in [2.24, 2.45) is 0 Å². The van der Waals surface area contributed by atoms with Gasteiger partial charge < -0.3 is 14.8 Å². The molecule has 0 aromatic heterocycles. The van der Waals surface area contributed by atoms with Gasteiger partial charge in [0, 0.05) is 11.8 Å². The zero-order valence-electron chi connectivity index (χ0n) is 17.4. The molecule has 0 aliphatic carbocycles. The lowest BCUT2D eigenvalue weighted by Crippen LogP contribution is -2.17. The molecular formula is C25H22F3NO3. The molecule has 0 spiro atoms. The van der Waals surface area contributed by atoms with Crippen molar-refractivity contribution >= 4 is 17.4 Å². The van der Waals surface area contributed by atoms with Crippen LogP contribution in [-0.2, 0) is 16.0 Å². The number of halogens is 3. The second kappa shape index (κ2) is 10.5. The van der Waals surface area contributed by atoms with Gasteiger partial charge in [0.2, 0.25) is 0 Å². The Labute approximate surface area is 184 Å². The van der Waals surface area contributed by atoms with Gasteiger partial charge in [0.05, 0.1) is 12.3 Å². The molecule has 0 saturated carbocycles. The molecular weight excluding hydrogens is 419 g/mol. The lowest BCUT2D eigenvalue weighted by atomic mass is 10.0. The summed E-state index contributed by atoms with van der Waals surface area (Å²) in [5.41, 5.74) is 4.02. The van der Waals surface area contributed by atoms with Gasteiger partial charge >= 0.3 is 12.3 Å². The smallest absolute Gasteiger partial charge is 0.463 e. The molecule has 32 heavy (non-hydrogen) atoms. The maximum absolute atomic E-state index is 12.3. The molecule has 0 radical (unpaired) electrons. The van der Waals surface area contributed by atoms with Gasteiger partial charge in [0.1, 0.15) is 5.75 Å². The number of nitrogens with one attached hydrogen (secondary N) is 1. The molecule has 0 fully saturated rings. The zero-order valence-corrected chi connectivity index (χ0v) is 17.4. The molecule has 7 heteroatoms. The van der Waals surface area contributed by atoms with Crippen LogP contribution in [0.4, 0.5) is 18.9 Å². The lowest BCUT2D eigenvalue weighted by Gasteiger charge is -2.13. The highest BCUT2D eigenvalue weighted by molar-refractivity contribution is 5.94. The highest BCUT2D eigenvalue weighted by Crippen LogP contribution is 2.24. The average molecular weight is 441 g/mol. The quantitative estimate of drug-likeness (QED) is 0.334. The first kappa shape index (κ1) is 22.9. The summed E-state index contributed by atoms with van der Waals surface area (Å²) in [4.78, 5) is 12.0. The summed E-state index contributed by atoms with van der Waals surface area (Å²) in [5.74, 6) is -0.700. The van der Waals surface area contributed by atoms with E-state index in [1.54, 1.807) is 19.1 Å². The van der Waals surface area contributed by atoms with Crippen molar-refractivity contribution in [3.8, 4) is 5.75 Å². The maximum atomic E-state index is 12.3. The first-order valence-corrected chi connectivity index (χ1v) is 9.97. The third kappa shape index (κ3) is 7.19. The average Bonchev–Trinajstić information content (AvgIpc) is 2.75. The van der Waals surface area contributed by atoms with E-state index in [0.717, 1.165) is 22.4 Å². The predicted molar refractivity (Wildman–Crippen MR) is 117 cm³/mol. The number of hydrogen-bond acceptors (Lipinski definition) is 4. The van der Waals surface area contributed by atoms with E-state index in [2.05, 4.69) is 10.1 Å². The van der Waals surface area contributed by atoms with Crippen molar-refractivity contribution in [1.29, 1.82) is 0 Å². The maximum Gasteiger partial charge on any atom is 0.573 e. The Balaban J connectivity index is 1.74. The highest BCUT2D eigenvalue weighted by atomic mass is 19.4. The summed E-state index contributed by atoms with van der Waals surface area (Å²) in [7, 11) is 0. The van der Waals surface area contributed by atoms with Crippen molar-refractivity contribution in [3.63, 3.8) is 0 Å². The van der Waals surface area contributed by atoms with Crippen LogP contribution in [0.2, 0.25) is 0 Å². The number of hydrogen-bond donors (Lipinski definition) is 1. The van der Waals surface area contributed by atoms with E-state index < -0.39 is 12.3 Å². The molecule has 0 bridgehead atoms. The van der Waals surface area contributed by atoms with Crippen LogP contribution >= 0.6 is 0 Å². The first-order chi connectivity index (χ1) is 15.3. The Morgan fingerprint density at radius 3 is 2.06 bits per heavy atom. The standard InChI is InChI=1S/C25H22F3NO3/c1-2-31-24(30)17-23(29-21-6-4-3-5-7-21)20-12-8-18(9-13-20)16-19-10-14-22(15-11-19)32-25(26,27)28/h3-15,17,29H,2,16H2,1H3/b23-17-. The van der Waals surface area contributed by atoms with Crippen molar-refractivity contribution in [2.75, 3.05) is 11.9 Å². The Morgan fingerprint density at radius 1 is 0.906 bits per heavy atom. The fraction of sp³-hybridized carbons (Fsp3) is 0.160. The summed E-state index contributed by atoms with van der Waals surface area (Å²) >= 11 is 0. The Morgan fingerprint density at radius 2 is 1.50 bits per heavy atom. The van der Waals surface area contributed by atoms with Crippen molar-refractivity contribution in [2.45, 2.75) is 19.7 Å². The topological polar surface area (TPSA) is 47.6 Å². The van der Waals surface area contributed by atoms with Gasteiger partial charge in [-0.1, -0.05) is 54.6 Å². The van der Waals surface area contributed by atoms with Crippen LogP contribution < -0.4 is 10.1 Å². The molecule has 3 aromatic rings. The molecule has 0 atom stereocenters. The number of benzene rings is 3. The van der Waals surface area contributed by atoms with Gasteiger partial charge in [-0.05, 0) is 54.3 Å². The van der Waals surface area contributed by atoms with Gasteiger partial charge in [-0.3, -0.25) is 0 Å². The number of carbonyl (C=O) groups excluding carboxylic acids is 1. The molecule has 0 saturated heterocycles. The van der Waals surface area contributed by atoms with Crippen LogP contribution in [-0.4, -0.2) is 18.9 Å². The van der Waals surface area contributed by atoms with Crippen LogP contribution in [0.3, 0.4) is 0 Å². The second-order valence-electron chi connectivity index (χ2n) is 6.87. The molecule has 0 amide bonds. The van der Waals surface area contributed by atoms with Crippen molar-refractivity contribution in [3.05, 3.63) is 102 Å². The Bertz CT molecular complexity index is 1040. The van der Waals surface area contributed by atoms with Crippen LogP contribution in [0.5, 0.6) is 5.75 Å². The Kier molecular flexibility index (Phi) is 7.54. The SMILES string of the molecule is CCOC(=O)/C=C(\Nc1ccccc1)c1ccc(Cc2ccc(OC(F)(F)F)cc2)cc1. The van der Waals surface area contributed by atoms with E-state index in [1.165, 1.54) is 18.2 Å². The van der Waals surface area contributed by atoms with Crippen LogP contribution in [0, 0.1) is 0 Å². The predicted octanol–water partition coefficient (Wildman–Crippen LogP) is 6.19. The number of alkyl halides is 3. The minimum Gasteiger partial charge on any atom is -0.463 e. The Hall–Kier alpha value is -3.74. The molecule has 166 valence electrons. The molecule has 3 rings (SSSR count). The molecule has 0 heterocycles. The molecule has 0 unspecified atom stereocenters. The summed E-state index contributed by atoms with van der Waals surface area (Å²) in [6, 6.07) is 22.8. The van der Waals surface area contributed by atoms with Gasteiger partial charge in [-0.2, -0.15) is 0 Å². The van der Waals surface area contributed by atoms with E-state index in [1.807, 2.05) is 54.6 Å². The number of rotatable bonds is 8. The first-order valence-electron chi connectivity index (χ1n) is 9.97. The van der Waals surface area contributed by atoms with E-state index in [9.17, 15) is 18.0 Å². The molecule has 4 nitrogen and oxygen atoms in total. The molecule has 0 aliphatic rings. The third-order valence-corrected chi connectivity index (χ3v) is 4.43. The summed E-state index contributed by atoms with van der Waals surface area (Å²) in [6.45, 7) is 2.02. The number of carbonyl (C=O) groups is 1. The number of anilines is 1. The van der Waals surface area contributed by atoms with Gasteiger partial charge in [0.25, 0.3) is 0 Å². The molecule has 3 aromatic carbocycles. The second-order valence-corrected chi connectivity index (χ2v) is 6.87. The fourth-order valence-electron chi connectivity index (χ4n) is 3.02. The highest BCUT2D eigenvalue weighted by Gasteiger charge is 2.30. The largest absolute Gasteiger partial charge is 0.573 e. The van der Waals surface area contributed by atoms with Gasteiger partial charge in [-0.15, -0.1) is 13.2 Å². The number of ether oxygens (including phenoxy) is 2. The van der Waals surface area contributed by atoms with E-state index in [4.69, 9.17) is 4.74 Å². The van der Waals surface area contributed by atoms with Crippen LogP contribution in [0.25, 0.3) is 5.70 Å². The fourth-order valence-corrected chi connectivity index (χ4v) is 3.02. The van der Waals surface area contributed by atoms with E-state index >= 15 is 0 Å². The van der Waals surface area contributed by atoms with Crippen LogP contribution in [0.1, 0.15) is 23.6 Å². The summed E-state index contributed by atoms with van der Waals surface area (Å²) in [5, 5.41) is 3.23. The van der Waals surface area contributed by atoms with Crippen molar-refractivity contribution < 1.29 is 27.4 Å². The zero-order chi connectivity index (χ0) is 23.0. The minimum atomic E-state index is -4.71. The van der Waals surface area contributed by atoms with Gasteiger partial charge in [-0.25, -0.2) is 4.79 Å². The summed E-state index contributed by atoms with van der Waals surface area (Å²) in [6.07, 6.45) is -2.76. The molecule has 1 N–H and O–H groups in total. The summed E-state index contributed by atoms with van der Waals surface area (Å²) < 4.78 is 45.8. The van der Waals surface area contributed by atoms with E-state index in [-0.39, 0.29) is 12.4 Å². The van der Waals surface area contributed by atoms with Crippen LogP contribution in [0.15, 0.2) is 84.9 Å². The van der Waals surface area contributed by atoms with Gasteiger partial charge in [0.15, 0.2) is 0 Å². The number of esters is 1. The van der Waals surface area contributed by atoms with E-state index in [0.29, 0.717) is 12.1 Å². The monoisotopic (exact) mass is 441 g/mol. The number of para-hydroxylation sites is 1. The molecule has 0 aliphatic heterocycles. The lowest BCUT2D eigenvalue weighted by molar-refractivity contribution is -0.274. The normalized spacial score (nSPS) is 11.7. The third-order valence-electron chi connectivity index (χ3n) is 4.43. The minimum absolute atomic E-state index is 0.252. The van der Waals surface area contributed by atoms with Crippen molar-refractivity contribution in [1.82, 2.24) is 0 Å².